The average molecular weight is 662 g/mol. The highest BCUT2D eigenvalue weighted by molar-refractivity contribution is 5.70. The van der Waals surface area contributed by atoms with Crippen molar-refractivity contribution in [1.82, 2.24) is 14.5 Å². The molecule has 0 saturated carbocycles. The molecule has 0 atom stereocenters. The molecule has 0 aliphatic carbocycles. The van der Waals surface area contributed by atoms with E-state index in [1.165, 1.54) is 128 Å². The van der Waals surface area contributed by atoms with E-state index < -0.39 is 0 Å². The van der Waals surface area contributed by atoms with Crippen molar-refractivity contribution in [2.45, 2.75) is 194 Å². The molecule has 0 fully saturated rings. The molecule has 7 nitrogen and oxygen atoms in total. The summed E-state index contributed by atoms with van der Waals surface area (Å²) in [5, 5.41) is 0. The second kappa shape index (κ2) is 34.0. The predicted molar refractivity (Wildman–Crippen MR) is 197 cm³/mol. The molecular weight excluding hydrogens is 586 g/mol. The molecule has 0 spiro atoms. The molecule has 0 unspecified atom stereocenters. The van der Waals surface area contributed by atoms with Crippen molar-refractivity contribution >= 4 is 11.9 Å². The molecule has 0 saturated heterocycles. The lowest BCUT2D eigenvalue weighted by molar-refractivity contribution is -0.144. The fourth-order valence-corrected chi connectivity index (χ4v) is 6.13. The number of esters is 2. The summed E-state index contributed by atoms with van der Waals surface area (Å²) in [6, 6.07) is 0. The lowest BCUT2D eigenvalue weighted by atomic mass is 10.1. The minimum absolute atomic E-state index is 0.137. The van der Waals surface area contributed by atoms with Gasteiger partial charge in [0.25, 0.3) is 0 Å². The summed E-state index contributed by atoms with van der Waals surface area (Å²) in [6.45, 7) is 8.46. The predicted octanol–water partition coefficient (Wildman–Crippen LogP) is 10.8. The third-order valence-corrected chi connectivity index (χ3v) is 9.24. The zero-order valence-corrected chi connectivity index (χ0v) is 31.0. The fraction of sp³-hybridized carbons (Fsp3) is 0.875. The Hall–Kier alpha value is -1.89. The second-order valence-electron chi connectivity index (χ2n) is 13.7. The van der Waals surface area contributed by atoms with Gasteiger partial charge in [0.1, 0.15) is 0 Å². The summed E-state index contributed by atoms with van der Waals surface area (Å²) in [5.74, 6) is -0.274. The molecule has 1 aromatic rings. The van der Waals surface area contributed by atoms with Gasteiger partial charge < -0.3 is 18.9 Å². The van der Waals surface area contributed by atoms with Gasteiger partial charge in [0.05, 0.1) is 32.4 Å². The van der Waals surface area contributed by atoms with Crippen LogP contribution in [0.1, 0.15) is 187 Å². The molecule has 0 aliphatic heterocycles. The van der Waals surface area contributed by atoms with Gasteiger partial charge in [-0.15, -0.1) is 0 Å². The third-order valence-electron chi connectivity index (χ3n) is 9.24. The second-order valence-corrected chi connectivity index (χ2v) is 13.7. The Labute approximate surface area is 290 Å². The number of carbonyl (C=O) groups is 2. The number of imidazole rings is 1. The molecule has 47 heavy (non-hydrogen) atoms. The Morgan fingerprint density at radius 1 is 0.532 bits per heavy atom. The average Bonchev–Trinajstić information content (AvgIpc) is 3.60. The number of nitrogens with zero attached hydrogens (tertiary/aromatic N) is 3. The van der Waals surface area contributed by atoms with E-state index in [1.54, 1.807) is 6.20 Å². The number of carbonyl (C=O) groups excluding carboxylic acids is 2. The van der Waals surface area contributed by atoms with E-state index in [0.717, 1.165) is 45.2 Å². The fourth-order valence-electron chi connectivity index (χ4n) is 6.13. The molecular formula is C40H75N3O4. The molecule has 0 aromatic carbocycles. The van der Waals surface area contributed by atoms with E-state index in [4.69, 9.17) is 9.47 Å². The van der Waals surface area contributed by atoms with E-state index >= 15 is 0 Å². The van der Waals surface area contributed by atoms with Crippen LogP contribution >= 0.6 is 0 Å². The Balaban J connectivity index is 2.12. The number of hydrogen-bond acceptors (Lipinski definition) is 6. The van der Waals surface area contributed by atoms with Crippen LogP contribution in [0.2, 0.25) is 0 Å². The molecule has 1 heterocycles. The van der Waals surface area contributed by atoms with Crippen molar-refractivity contribution < 1.29 is 19.1 Å². The molecule has 1 rings (SSSR count). The molecule has 0 N–H and O–H groups in total. The van der Waals surface area contributed by atoms with Gasteiger partial charge in [-0.2, -0.15) is 0 Å². The number of unbranched alkanes of at least 4 members (excludes halogenated alkanes) is 22. The minimum Gasteiger partial charge on any atom is -0.466 e. The molecule has 1 aromatic heterocycles. The summed E-state index contributed by atoms with van der Waals surface area (Å²) >= 11 is 0. The van der Waals surface area contributed by atoms with Crippen LogP contribution in [0.15, 0.2) is 18.7 Å². The number of hydrogen-bond donors (Lipinski definition) is 0. The molecule has 0 radical (unpaired) electrons. The smallest absolute Gasteiger partial charge is 0.307 e. The number of rotatable bonds is 36. The van der Waals surface area contributed by atoms with E-state index in [1.807, 2.05) is 12.5 Å². The van der Waals surface area contributed by atoms with Crippen molar-refractivity contribution in [3.63, 3.8) is 0 Å². The van der Waals surface area contributed by atoms with Gasteiger partial charge in [0.15, 0.2) is 0 Å². The summed E-state index contributed by atoms with van der Waals surface area (Å²) in [6.07, 6.45) is 38.3. The minimum atomic E-state index is -0.137. The summed E-state index contributed by atoms with van der Waals surface area (Å²) in [5.41, 5.74) is 0. The quantitative estimate of drug-likeness (QED) is 0.0526. The van der Waals surface area contributed by atoms with Crippen LogP contribution in [0.3, 0.4) is 0 Å². The highest BCUT2D eigenvalue weighted by Gasteiger charge is 2.12. The normalized spacial score (nSPS) is 11.4. The van der Waals surface area contributed by atoms with Crippen LogP contribution in [0.5, 0.6) is 0 Å². The van der Waals surface area contributed by atoms with Crippen LogP contribution in [-0.2, 0) is 25.6 Å². The Kier molecular flexibility index (Phi) is 31.2. The van der Waals surface area contributed by atoms with Gasteiger partial charge in [-0.3, -0.25) is 9.59 Å². The summed E-state index contributed by atoms with van der Waals surface area (Å²) in [7, 11) is 0. The summed E-state index contributed by atoms with van der Waals surface area (Å²) < 4.78 is 13.1. The van der Waals surface area contributed by atoms with Gasteiger partial charge in [-0.25, -0.2) is 4.98 Å². The van der Waals surface area contributed by atoms with Gasteiger partial charge in [0, 0.05) is 32.0 Å². The molecule has 7 heteroatoms. The molecule has 274 valence electrons. The third kappa shape index (κ3) is 29.9. The largest absolute Gasteiger partial charge is 0.466 e. The first-order chi connectivity index (χ1) is 23.2. The van der Waals surface area contributed by atoms with E-state index in [2.05, 4.69) is 28.3 Å². The highest BCUT2D eigenvalue weighted by Crippen LogP contribution is 2.13. The number of aryl methyl sites for hydroxylation is 1. The lowest BCUT2D eigenvalue weighted by Gasteiger charge is -2.21. The maximum Gasteiger partial charge on any atom is 0.307 e. The van der Waals surface area contributed by atoms with E-state index in [-0.39, 0.29) is 11.9 Å². The first-order valence-electron chi connectivity index (χ1n) is 20.1. The van der Waals surface area contributed by atoms with Gasteiger partial charge >= 0.3 is 11.9 Å². The van der Waals surface area contributed by atoms with Crippen molar-refractivity contribution in [3.05, 3.63) is 18.7 Å². The van der Waals surface area contributed by atoms with Crippen molar-refractivity contribution in [1.29, 1.82) is 0 Å². The van der Waals surface area contributed by atoms with Crippen LogP contribution < -0.4 is 0 Å². The SMILES string of the molecule is CCCCCCCCCCCCCCOC(=O)CCN(CCCn1ccnc1)CCC(=O)OCCCCCCCCCCCCCC. The maximum absolute atomic E-state index is 12.4. The van der Waals surface area contributed by atoms with Crippen LogP contribution in [0.25, 0.3) is 0 Å². The standard InChI is InChI=1S/C40H75N3O4/c1-3-5-7-9-11-13-15-17-19-21-23-25-36-46-39(44)28-33-42(31-27-32-43-35-30-41-38-43)34-29-40(45)47-37-26-24-22-20-18-16-14-12-10-8-6-4-2/h30,35,38H,3-29,31-34,36-37H2,1-2H3. The number of ether oxygens (including phenoxy) is 2. The van der Waals surface area contributed by atoms with E-state index in [0.29, 0.717) is 39.1 Å². The monoisotopic (exact) mass is 662 g/mol. The summed E-state index contributed by atoms with van der Waals surface area (Å²) in [4.78, 5) is 31.2. The number of aromatic nitrogens is 2. The molecule has 0 aliphatic rings. The molecule has 0 bridgehead atoms. The van der Waals surface area contributed by atoms with Gasteiger partial charge in [0.2, 0.25) is 0 Å². The van der Waals surface area contributed by atoms with Crippen molar-refractivity contribution in [2.24, 2.45) is 0 Å². The lowest BCUT2D eigenvalue weighted by Crippen LogP contribution is -2.31. The van der Waals surface area contributed by atoms with E-state index in [9.17, 15) is 9.59 Å². The van der Waals surface area contributed by atoms with Crippen LogP contribution in [0.4, 0.5) is 0 Å². The maximum atomic E-state index is 12.4. The van der Waals surface area contributed by atoms with Crippen LogP contribution in [-0.4, -0.2) is 59.2 Å². The first kappa shape index (κ1) is 43.1. The van der Waals surface area contributed by atoms with Crippen molar-refractivity contribution in [2.75, 3.05) is 32.8 Å². The van der Waals surface area contributed by atoms with Crippen molar-refractivity contribution in [3.8, 4) is 0 Å². The Morgan fingerprint density at radius 3 is 1.28 bits per heavy atom. The molecule has 0 amide bonds. The van der Waals surface area contributed by atoms with Crippen LogP contribution in [0, 0.1) is 0 Å². The van der Waals surface area contributed by atoms with Gasteiger partial charge in [-0.1, -0.05) is 155 Å². The highest BCUT2D eigenvalue weighted by atomic mass is 16.5. The Morgan fingerprint density at radius 2 is 0.915 bits per heavy atom. The zero-order chi connectivity index (χ0) is 33.9. The Bertz CT molecular complexity index is 755. The zero-order valence-electron chi connectivity index (χ0n) is 31.0. The van der Waals surface area contributed by atoms with Gasteiger partial charge in [-0.05, 0) is 25.8 Å². The first-order valence-corrected chi connectivity index (χ1v) is 20.1. The topological polar surface area (TPSA) is 73.7 Å².